The second kappa shape index (κ2) is 8.38. The number of ether oxygens (including phenoxy) is 1. The van der Waals surface area contributed by atoms with E-state index in [4.69, 9.17) is 4.74 Å². The number of nitrogens with one attached hydrogen (secondary N) is 2. The molecule has 0 aliphatic carbocycles. The van der Waals surface area contributed by atoms with Gasteiger partial charge < -0.3 is 15.4 Å². The molecule has 1 atom stereocenters. The van der Waals surface area contributed by atoms with Gasteiger partial charge in [-0.25, -0.2) is 9.18 Å². The molecule has 31 heavy (non-hydrogen) atoms. The average molecular weight is 430 g/mol. The molecule has 2 aromatic carbocycles. The molecule has 1 aliphatic heterocycles. The molecule has 4 amide bonds. The standard InChI is InChI=1S/C20H19FN4O6/c1-3-20(12-4-6-13(21)7-5-12)18(27)24(19(28)23-20)11-17(26)22-15-9-8-14(31-2)10-16(15)25(29)30/h4-10H,3,11H2,1-2H3,(H,22,26)(H,23,28). The Morgan fingerprint density at radius 1 is 1.26 bits per heavy atom. The van der Waals surface area contributed by atoms with Gasteiger partial charge in [0.2, 0.25) is 5.91 Å². The zero-order valence-electron chi connectivity index (χ0n) is 16.7. The highest BCUT2D eigenvalue weighted by Gasteiger charge is 2.51. The molecule has 1 fully saturated rings. The highest BCUT2D eigenvalue weighted by Crippen LogP contribution is 2.33. The summed E-state index contributed by atoms with van der Waals surface area (Å²) in [5, 5.41) is 16.2. The highest BCUT2D eigenvalue weighted by atomic mass is 19.1. The van der Waals surface area contributed by atoms with Crippen LogP contribution in [0.15, 0.2) is 42.5 Å². The molecular formula is C20H19FN4O6. The summed E-state index contributed by atoms with van der Waals surface area (Å²) in [6.45, 7) is 1.02. The maximum Gasteiger partial charge on any atom is 0.325 e. The zero-order valence-corrected chi connectivity index (χ0v) is 16.7. The van der Waals surface area contributed by atoms with E-state index in [9.17, 15) is 28.9 Å². The zero-order chi connectivity index (χ0) is 22.8. The number of hydrogen-bond donors (Lipinski definition) is 2. The third-order valence-corrected chi connectivity index (χ3v) is 5.02. The van der Waals surface area contributed by atoms with E-state index in [0.29, 0.717) is 5.56 Å². The van der Waals surface area contributed by atoms with E-state index in [2.05, 4.69) is 10.6 Å². The van der Waals surface area contributed by atoms with Crippen LogP contribution in [0.25, 0.3) is 0 Å². The molecule has 0 saturated carbocycles. The molecule has 3 rings (SSSR count). The molecule has 2 N–H and O–H groups in total. The van der Waals surface area contributed by atoms with E-state index in [0.717, 1.165) is 11.0 Å². The summed E-state index contributed by atoms with van der Waals surface area (Å²) in [5.41, 5.74) is -1.57. The number of nitro groups is 1. The number of nitrogens with zero attached hydrogens (tertiary/aromatic N) is 2. The summed E-state index contributed by atoms with van der Waals surface area (Å²) in [5.74, 6) is -1.75. The number of imide groups is 1. The van der Waals surface area contributed by atoms with Crippen molar-refractivity contribution in [3.8, 4) is 5.75 Å². The Morgan fingerprint density at radius 2 is 1.94 bits per heavy atom. The number of amides is 4. The van der Waals surface area contributed by atoms with Crippen molar-refractivity contribution in [3.05, 3.63) is 64.0 Å². The van der Waals surface area contributed by atoms with Crippen LogP contribution in [0, 0.1) is 15.9 Å². The number of benzene rings is 2. The molecule has 0 radical (unpaired) electrons. The first-order valence-corrected chi connectivity index (χ1v) is 9.24. The first-order valence-electron chi connectivity index (χ1n) is 9.24. The lowest BCUT2D eigenvalue weighted by molar-refractivity contribution is -0.384. The maximum absolute atomic E-state index is 13.3. The van der Waals surface area contributed by atoms with Gasteiger partial charge in [-0.05, 0) is 36.2 Å². The molecule has 0 spiro atoms. The normalized spacial score (nSPS) is 18.0. The van der Waals surface area contributed by atoms with Gasteiger partial charge in [-0.3, -0.25) is 24.6 Å². The summed E-state index contributed by atoms with van der Waals surface area (Å²) < 4.78 is 18.2. The van der Waals surface area contributed by atoms with E-state index in [1.54, 1.807) is 6.92 Å². The summed E-state index contributed by atoms with van der Waals surface area (Å²) >= 11 is 0. The minimum absolute atomic E-state index is 0.108. The van der Waals surface area contributed by atoms with Gasteiger partial charge in [0.15, 0.2) is 0 Å². The second-order valence-electron chi connectivity index (χ2n) is 6.78. The van der Waals surface area contributed by atoms with Crippen molar-refractivity contribution in [2.45, 2.75) is 18.9 Å². The number of hydrogen-bond acceptors (Lipinski definition) is 6. The largest absolute Gasteiger partial charge is 0.496 e. The number of nitro benzene ring substituents is 1. The SMILES string of the molecule is CCC1(c2ccc(F)cc2)NC(=O)N(CC(=O)Nc2ccc(OC)cc2[N+](=O)[O-])C1=O. The number of carbonyl (C=O) groups excluding carboxylic acids is 3. The van der Waals surface area contributed by atoms with Gasteiger partial charge in [-0.1, -0.05) is 19.1 Å². The first kappa shape index (κ1) is 21.7. The second-order valence-corrected chi connectivity index (χ2v) is 6.78. The fourth-order valence-corrected chi connectivity index (χ4v) is 3.37. The molecule has 2 aromatic rings. The average Bonchev–Trinajstić information content (AvgIpc) is 2.99. The van der Waals surface area contributed by atoms with E-state index < -0.39 is 46.4 Å². The van der Waals surface area contributed by atoms with Crippen LogP contribution in [-0.2, 0) is 15.1 Å². The van der Waals surface area contributed by atoms with Crippen molar-refractivity contribution < 1.29 is 28.4 Å². The third-order valence-electron chi connectivity index (χ3n) is 5.02. The summed E-state index contributed by atoms with van der Waals surface area (Å²) in [6.07, 6.45) is 0.172. The monoisotopic (exact) mass is 430 g/mol. The van der Waals surface area contributed by atoms with Crippen molar-refractivity contribution in [1.82, 2.24) is 10.2 Å². The number of carbonyl (C=O) groups is 3. The molecule has 1 heterocycles. The van der Waals surface area contributed by atoms with Gasteiger partial charge in [0.05, 0.1) is 18.1 Å². The fraction of sp³-hybridized carbons (Fsp3) is 0.250. The van der Waals surface area contributed by atoms with Crippen molar-refractivity contribution in [2.24, 2.45) is 0 Å². The van der Waals surface area contributed by atoms with Gasteiger partial charge >= 0.3 is 6.03 Å². The Balaban J connectivity index is 1.81. The van der Waals surface area contributed by atoms with Crippen molar-refractivity contribution in [2.75, 3.05) is 19.0 Å². The van der Waals surface area contributed by atoms with Gasteiger partial charge in [0, 0.05) is 0 Å². The van der Waals surface area contributed by atoms with Gasteiger partial charge in [-0.15, -0.1) is 0 Å². The number of rotatable bonds is 7. The highest BCUT2D eigenvalue weighted by molar-refractivity contribution is 6.10. The lowest BCUT2D eigenvalue weighted by Gasteiger charge is -2.25. The molecule has 0 aromatic heterocycles. The summed E-state index contributed by atoms with van der Waals surface area (Å²) in [4.78, 5) is 49.3. The van der Waals surface area contributed by atoms with Crippen molar-refractivity contribution in [1.29, 1.82) is 0 Å². The van der Waals surface area contributed by atoms with E-state index in [-0.39, 0.29) is 17.9 Å². The van der Waals surface area contributed by atoms with Gasteiger partial charge in [-0.2, -0.15) is 0 Å². The maximum atomic E-state index is 13.3. The fourth-order valence-electron chi connectivity index (χ4n) is 3.37. The van der Waals surface area contributed by atoms with Crippen LogP contribution >= 0.6 is 0 Å². The molecule has 0 bridgehead atoms. The Labute approximate surface area is 176 Å². The van der Waals surface area contributed by atoms with Crippen molar-refractivity contribution in [3.63, 3.8) is 0 Å². The van der Waals surface area contributed by atoms with Crippen LogP contribution in [0.4, 0.5) is 20.6 Å². The van der Waals surface area contributed by atoms with Crippen LogP contribution in [-0.4, -0.2) is 41.3 Å². The van der Waals surface area contributed by atoms with Crippen LogP contribution in [0.2, 0.25) is 0 Å². The van der Waals surface area contributed by atoms with Crippen LogP contribution in [0.3, 0.4) is 0 Å². The lowest BCUT2D eigenvalue weighted by Crippen LogP contribution is -2.44. The number of anilines is 1. The summed E-state index contributed by atoms with van der Waals surface area (Å²) in [6, 6.07) is 8.18. The first-order chi connectivity index (χ1) is 14.7. The van der Waals surface area contributed by atoms with Crippen LogP contribution < -0.4 is 15.4 Å². The number of urea groups is 1. The predicted molar refractivity (Wildman–Crippen MR) is 107 cm³/mol. The molecular weight excluding hydrogens is 411 g/mol. The topological polar surface area (TPSA) is 131 Å². The number of methoxy groups -OCH3 is 1. The third kappa shape index (κ3) is 4.02. The van der Waals surface area contributed by atoms with E-state index in [1.165, 1.54) is 43.5 Å². The molecule has 10 nitrogen and oxygen atoms in total. The lowest BCUT2D eigenvalue weighted by atomic mass is 9.87. The molecule has 1 unspecified atom stereocenters. The Kier molecular flexibility index (Phi) is 5.86. The molecule has 1 aliphatic rings. The minimum Gasteiger partial charge on any atom is -0.496 e. The Bertz CT molecular complexity index is 1060. The smallest absolute Gasteiger partial charge is 0.325 e. The summed E-state index contributed by atoms with van der Waals surface area (Å²) in [7, 11) is 1.34. The van der Waals surface area contributed by atoms with Crippen molar-refractivity contribution >= 4 is 29.2 Å². The van der Waals surface area contributed by atoms with E-state index in [1.807, 2.05) is 0 Å². The minimum atomic E-state index is -1.43. The van der Waals surface area contributed by atoms with Crippen LogP contribution in [0.5, 0.6) is 5.75 Å². The van der Waals surface area contributed by atoms with E-state index >= 15 is 0 Å². The predicted octanol–water partition coefficient (Wildman–Crippen LogP) is 2.54. The Morgan fingerprint density at radius 3 is 2.52 bits per heavy atom. The Hall–Kier alpha value is -4.02. The van der Waals surface area contributed by atoms with Gasteiger partial charge in [0.1, 0.15) is 29.3 Å². The molecule has 162 valence electrons. The quantitative estimate of drug-likeness (QED) is 0.394. The molecule has 11 heteroatoms. The van der Waals surface area contributed by atoms with Gasteiger partial charge in [0.25, 0.3) is 11.6 Å². The van der Waals surface area contributed by atoms with Crippen LogP contribution in [0.1, 0.15) is 18.9 Å². The molecule has 1 saturated heterocycles. The number of halogens is 1.